The van der Waals surface area contributed by atoms with E-state index in [4.69, 9.17) is 5.73 Å². The van der Waals surface area contributed by atoms with E-state index in [0.29, 0.717) is 12.6 Å². The van der Waals surface area contributed by atoms with Crippen molar-refractivity contribution in [3.05, 3.63) is 65.7 Å². The first-order chi connectivity index (χ1) is 13.7. The van der Waals surface area contributed by atoms with Crippen LogP contribution in [0.25, 0.3) is 22.3 Å². The lowest BCUT2D eigenvalue weighted by Crippen LogP contribution is -2.06. The molecule has 0 amide bonds. The Balaban J connectivity index is 2.00. The molecule has 0 spiro atoms. The molecule has 2 aromatic carbocycles. The summed E-state index contributed by atoms with van der Waals surface area (Å²) in [7, 11) is -3.82. The van der Waals surface area contributed by atoms with Crippen LogP contribution in [0.2, 0.25) is 0 Å². The molecule has 0 aliphatic carbocycles. The Bertz CT molecular complexity index is 1340. The third-order valence-corrected chi connectivity index (χ3v) is 5.16. The van der Waals surface area contributed by atoms with Crippen molar-refractivity contribution in [1.29, 1.82) is 0 Å². The molecule has 2 N–H and O–H groups in total. The minimum Gasteiger partial charge on any atom is -0.383 e. The van der Waals surface area contributed by atoms with Crippen molar-refractivity contribution in [3.8, 4) is 11.3 Å². The van der Waals surface area contributed by atoms with E-state index >= 15 is 0 Å². The molecule has 2 aromatic heterocycles. The van der Waals surface area contributed by atoms with Gasteiger partial charge < -0.3 is 5.73 Å². The van der Waals surface area contributed by atoms with Crippen LogP contribution < -0.4 is 5.73 Å². The quantitative estimate of drug-likeness (QED) is 0.514. The summed E-state index contributed by atoms with van der Waals surface area (Å²) >= 11 is 0. The molecule has 2 heterocycles. The molecule has 29 heavy (non-hydrogen) atoms. The summed E-state index contributed by atoms with van der Waals surface area (Å²) in [4.78, 5) is 8.01. The molecule has 0 aliphatic heterocycles. The van der Waals surface area contributed by atoms with Crippen LogP contribution in [0, 0.1) is 11.6 Å². The van der Waals surface area contributed by atoms with Gasteiger partial charge in [0.2, 0.25) is 15.0 Å². The molecular formula is C19H15F2N5O2S. The van der Waals surface area contributed by atoms with Gasteiger partial charge in [0, 0.05) is 17.9 Å². The number of benzene rings is 2. The molecule has 148 valence electrons. The van der Waals surface area contributed by atoms with E-state index in [0.717, 1.165) is 17.9 Å². The predicted molar refractivity (Wildman–Crippen MR) is 104 cm³/mol. The van der Waals surface area contributed by atoms with Crippen LogP contribution in [-0.4, -0.2) is 34.4 Å². The standard InChI is InChI=1S/C19H15F2N5O2S/c1-29(27,28)19-23-16(13-8-7-12(20)9-14(13)21)15-17(22)26(25-18(15)24-19)10-11-5-3-2-4-6-11/h2-9H,10,22H2,1H3. The number of nitrogens with zero attached hydrogens (tertiary/aromatic N) is 4. The molecule has 0 saturated heterocycles. The Morgan fingerprint density at radius 3 is 2.45 bits per heavy atom. The van der Waals surface area contributed by atoms with Crippen LogP contribution in [-0.2, 0) is 16.4 Å². The fourth-order valence-corrected chi connectivity index (χ4v) is 3.46. The summed E-state index contributed by atoms with van der Waals surface area (Å²) in [5.41, 5.74) is 6.98. The van der Waals surface area contributed by atoms with Crippen molar-refractivity contribution in [2.45, 2.75) is 11.7 Å². The van der Waals surface area contributed by atoms with Crippen LogP contribution in [0.5, 0.6) is 0 Å². The third kappa shape index (κ3) is 3.54. The van der Waals surface area contributed by atoms with E-state index in [2.05, 4.69) is 15.1 Å². The van der Waals surface area contributed by atoms with Gasteiger partial charge in [0.1, 0.15) is 17.5 Å². The van der Waals surface area contributed by atoms with Gasteiger partial charge in [-0.2, -0.15) is 4.98 Å². The first-order valence-corrected chi connectivity index (χ1v) is 10.4. The van der Waals surface area contributed by atoms with E-state index in [1.165, 1.54) is 10.7 Å². The average molecular weight is 415 g/mol. The van der Waals surface area contributed by atoms with Gasteiger partial charge >= 0.3 is 0 Å². The first kappa shape index (κ1) is 18.9. The maximum Gasteiger partial charge on any atom is 0.249 e. The molecule has 0 saturated carbocycles. The smallest absolute Gasteiger partial charge is 0.249 e. The van der Waals surface area contributed by atoms with Crippen molar-refractivity contribution in [2.75, 3.05) is 12.0 Å². The molecule has 0 fully saturated rings. The second-order valence-corrected chi connectivity index (χ2v) is 8.39. The summed E-state index contributed by atoms with van der Waals surface area (Å²) in [6.07, 6.45) is 0.934. The lowest BCUT2D eigenvalue weighted by atomic mass is 10.1. The molecule has 0 aliphatic rings. The average Bonchev–Trinajstić information content (AvgIpc) is 2.97. The Kier molecular flexibility index (Phi) is 4.50. The van der Waals surface area contributed by atoms with Gasteiger partial charge in [0.05, 0.1) is 17.6 Å². The maximum atomic E-state index is 14.5. The van der Waals surface area contributed by atoms with Crippen LogP contribution in [0.4, 0.5) is 14.6 Å². The zero-order valence-electron chi connectivity index (χ0n) is 15.2. The van der Waals surface area contributed by atoms with E-state index in [1.54, 1.807) is 0 Å². The highest BCUT2D eigenvalue weighted by Crippen LogP contribution is 2.33. The fraction of sp³-hybridized carbons (Fsp3) is 0.105. The van der Waals surface area contributed by atoms with Gasteiger partial charge in [-0.15, -0.1) is 5.10 Å². The lowest BCUT2D eigenvalue weighted by Gasteiger charge is -2.07. The zero-order valence-corrected chi connectivity index (χ0v) is 16.0. The van der Waals surface area contributed by atoms with Gasteiger partial charge in [-0.3, -0.25) is 0 Å². The summed E-state index contributed by atoms with van der Waals surface area (Å²) in [6.45, 7) is 0.294. The highest BCUT2D eigenvalue weighted by Gasteiger charge is 2.23. The molecule has 0 radical (unpaired) electrons. The van der Waals surface area contributed by atoms with Crippen molar-refractivity contribution in [3.63, 3.8) is 0 Å². The number of hydrogen-bond acceptors (Lipinski definition) is 6. The Morgan fingerprint density at radius 2 is 1.79 bits per heavy atom. The van der Waals surface area contributed by atoms with Gasteiger partial charge in [-0.25, -0.2) is 26.9 Å². The molecule has 10 heteroatoms. The SMILES string of the molecule is CS(=O)(=O)c1nc(-c2ccc(F)cc2F)c2c(N)n(Cc3ccccc3)nc2n1. The molecule has 0 unspecified atom stereocenters. The van der Waals surface area contributed by atoms with E-state index in [1.807, 2.05) is 30.3 Å². The minimum absolute atomic E-state index is 0.00702. The zero-order chi connectivity index (χ0) is 20.8. The van der Waals surface area contributed by atoms with Gasteiger partial charge in [0.15, 0.2) is 5.65 Å². The predicted octanol–water partition coefficient (Wildman–Crippen LogP) is 2.81. The molecule has 0 bridgehead atoms. The number of sulfone groups is 1. The normalized spacial score (nSPS) is 11.8. The number of fused-ring (bicyclic) bond motifs is 1. The van der Waals surface area contributed by atoms with E-state index < -0.39 is 26.6 Å². The second-order valence-electron chi connectivity index (χ2n) is 6.48. The number of hydrogen-bond donors (Lipinski definition) is 1. The fourth-order valence-electron chi connectivity index (χ4n) is 2.95. The second kappa shape index (κ2) is 6.89. The topological polar surface area (TPSA) is 104 Å². The first-order valence-electron chi connectivity index (χ1n) is 8.47. The van der Waals surface area contributed by atoms with Crippen LogP contribution >= 0.6 is 0 Å². The molecule has 4 aromatic rings. The Morgan fingerprint density at radius 1 is 1.07 bits per heavy atom. The van der Waals surface area contributed by atoms with Crippen molar-refractivity contribution in [1.82, 2.24) is 19.7 Å². The highest BCUT2D eigenvalue weighted by molar-refractivity contribution is 7.90. The van der Waals surface area contributed by atoms with Crippen LogP contribution in [0.3, 0.4) is 0 Å². The number of halogens is 2. The van der Waals surface area contributed by atoms with Crippen molar-refractivity contribution < 1.29 is 17.2 Å². The molecular weight excluding hydrogens is 400 g/mol. The number of nitrogens with two attached hydrogens (primary N) is 1. The minimum atomic E-state index is -3.82. The van der Waals surface area contributed by atoms with Gasteiger partial charge in [-0.1, -0.05) is 30.3 Å². The molecule has 4 rings (SSSR count). The number of aromatic nitrogens is 4. The highest BCUT2D eigenvalue weighted by atomic mass is 32.2. The van der Waals surface area contributed by atoms with E-state index in [-0.39, 0.29) is 28.1 Å². The maximum absolute atomic E-state index is 14.5. The van der Waals surface area contributed by atoms with Crippen molar-refractivity contribution in [2.24, 2.45) is 0 Å². The molecule has 7 nitrogen and oxygen atoms in total. The Hall–Kier alpha value is -3.40. The number of nitrogen functional groups attached to an aromatic ring is 1. The van der Waals surface area contributed by atoms with Crippen LogP contribution in [0.1, 0.15) is 5.56 Å². The third-order valence-electron chi connectivity index (χ3n) is 4.31. The molecule has 0 atom stereocenters. The number of anilines is 1. The largest absolute Gasteiger partial charge is 0.383 e. The monoisotopic (exact) mass is 415 g/mol. The van der Waals surface area contributed by atoms with Crippen LogP contribution in [0.15, 0.2) is 53.7 Å². The lowest BCUT2D eigenvalue weighted by molar-refractivity contribution is 0.584. The summed E-state index contributed by atoms with van der Waals surface area (Å²) in [5.74, 6) is -1.53. The summed E-state index contributed by atoms with van der Waals surface area (Å²) in [5, 5.41) is 3.97. The Labute approximate surface area is 164 Å². The van der Waals surface area contributed by atoms with Gasteiger partial charge in [-0.05, 0) is 17.7 Å². The summed E-state index contributed by atoms with van der Waals surface area (Å²) in [6, 6.07) is 12.2. The van der Waals surface area contributed by atoms with E-state index in [9.17, 15) is 17.2 Å². The summed E-state index contributed by atoms with van der Waals surface area (Å²) < 4.78 is 53.3. The van der Waals surface area contributed by atoms with Gasteiger partial charge in [0.25, 0.3) is 0 Å². The van der Waals surface area contributed by atoms with Crippen molar-refractivity contribution >= 4 is 26.7 Å². The number of rotatable bonds is 4.